The molecule has 3 N–H and O–H groups in total. The lowest BCUT2D eigenvalue weighted by Crippen LogP contribution is -2.32. The van der Waals surface area contributed by atoms with Gasteiger partial charge in [-0.2, -0.15) is 0 Å². The van der Waals surface area contributed by atoms with Crippen LogP contribution < -0.4 is 5.32 Å². The molecule has 1 fully saturated rings. The molecule has 1 amide bonds. The Morgan fingerprint density at radius 3 is 2.63 bits per heavy atom. The van der Waals surface area contributed by atoms with Crippen molar-refractivity contribution in [3.05, 3.63) is 35.4 Å². The molecule has 5 heteroatoms. The second-order valence-electron chi connectivity index (χ2n) is 4.74. The van der Waals surface area contributed by atoms with E-state index in [1.807, 2.05) is 0 Å². The number of aliphatic hydroxyl groups excluding tert-OH is 1. The fourth-order valence-corrected chi connectivity index (χ4v) is 2.36. The monoisotopic (exact) mass is 262 g/mol. The normalized spacial score (nSPS) is 16.6. The number of hydrogen-bond donors (Lipinski definition) is 3. The van der Waals surface area contributed by atoms with Gasteiger partial charge in [0.05, 0.1) is 6.61 Å². The maximum Gasteiger partial charge on any atom is 0.251 e. The van der Waals surface area contributed by atoms with Crippen molar-refractivity contribution >= 4 is 11.6 Å². The van der Waals surface area contributed by atoms with Crippen LogP contribution in [0.2, 0.25) is 0 Å². The Hall–Kier alpha value is -1.88. The van der Waals surface area contributed by atoms with E-state index in [0.717, 1.165) is 25.7 Å². The minimum absolute atomic E-state index is 0.121. The maximum atomic E-state index is 12.1. The summed E-state index contributed by atoms with van der Waals surface area (Å²) in [6, 6.07) is 6.99. The van der Waals surface area contributed by atoms with Crippen LogP contribution in [0.1, 0.15) is 41.6 Å². The molecule has 1 aromatic rings. The van der Waals surface area contributed by atoms with E-state index in [1.54, 1.807) is 24.3 Å². The van der Waals surface area contributed by atoms with Crippen molar-refractivity contribution in [2.75, 3.05) is 6.61 Å². The van der Waals surface area contributed by atoms with Crippen molar-refractivity contribution in [1.82, 2.24) is 5.32 Å². The minimum atomic E-state index is -0.371. The van der Waals surface area contributed by atoms with Crippen molar-refractivity contribution in [2.24, 2.45) is 5.16 Å². The summed E-state index contributed by atoms with van der Waals surface area (Å²) in [6.45, 7) is -0.371. The summed E-state index contributed by atoms with van der Waals surface area (Å²) < 4.78 is 0. The zero-order chi connectivity index (χ0) is 13.7. The molecule has 0 aliphatic heterocycles. The fourth-order valence-electron chi connectivity index (χ4n) is 2.36. The number of aliphatic hydroxyl groups is 1. The van der Waals surface area contributed by atoms with Gasteiger partial charge in [0.2, 0.25) is 0 Å². The van der Waals surface area contributed by atoms with Crippen molar-refractivity contribution < 1.29 is 15.1 Å². The number of oxime groups is 1. The van der Waals surface area contributed by atoms with Gasteiger partial charge >= 0.3 is 0 Å². The predicted octanol–water partition coefficient (Wildman–Crippen LogP) is 1.53. The molecule has 1 aliphatic carbocycles. The number of carbonyl (C=O) groups excluding carboxylic acids is 1. The number of nitrogens with zero attached hydrogens (tertiary/aromatic N) is 1. The van der Waals surface area contributed by atoms with E-state index in [4.69, 9.17) is 10.3 Å². The van der Waals surface area contributed by atoms with Crippen LogP contribution in [0.25, 0.3) is 0 Å². The number of carbonyl (C=O) groups is 1. The predicted molar refractivity (Wildman–Crippen MR) is 71.6 cm³/mol. The van der Waals surface area contributed by atoms with E-state index in [2.05, 4.69) is 10.5 Å². The SMILES string of the molecule is O=C(NC1CCCC1)c1cccc(C(CO)=NO)c1. The topological polar surface area (TPSA) is 81.9 Å². The standard InChI is InChI=1S/C14H18N2O3/c17-9-13(16-19)10-4-3-5-11(8-10)14(18)15-12-6-1-2-7-12/h3-5,8,12,17,19H,1-2,6-7,9H2,(H,15,18). The molecule has 0 radical (unpaired) electrons. The van der Waals surface area contributed by atoms with Crippen molar-refractivity contribution in [3.8, 4) is 0 Å². The summed E-state index contributed by atoms with van der Waals surface area (Å²) >= 11 is 0. The molecule has 0 saturated heterocycles. The van der Waals surface area contributed by atoms with Gasteiger partial charge in [-0.15, -0.1) is 0 Å². The largest absolute Gasteiger partial charge is 0.411 e. The highest BCUT2D eigenvalue weighted by Crippen LogP contribution is 2.18. The van der Waals surface area contributed by atoms with Gasteiger partial charge in [0, 0.05) is 17.2 Å². The van der Waals surface area contributed by atoms with Crippen molar-refractivity contribution in [1.29, 1.82) is 0 Å². The average Bonchev–Trinajstić information content (AvgIpc) is 2.93. The molecular formula is C14H18N2O3. The molecule has 1 aromatic carbocycles. The van der Waals surface area contributed by atoms with E-state index in [9.17, 15) is 4.79 Å². The molecule has 0 spiro atoms. The minimum Gasteiger partial charge on any atom is -0.411 e. The molecule has 0 aromatic heterocycles. The van der Waals surface area contributed by atoms with Gasteiger partial charge in [0.15, 0.2) is 0 Å². The molecule has 102 valence electrons. The highest BCUT2D eigenvalue weighted by molar-refractivity contribution is 6.03. The summed E-state index contributed by atoms with van der Waals surface area (Å²) in [5.74, 6) is -0.121. The van der Waals surface area contributed by atoms with E-state index in [-0.39, 0.29) is 24.3 Å². The first-order chi connectivity index (χ1) is 9.24. The van der Waals surface area contributed by atoms with Crippen LogP contribution in [0, 0.1) is 0 Å². The van der Waals surface area contributed by atoms with E-state index < -0.39 is 0 Å². The molecule has 1 saturated carbocycles. The van der Waals surface area contributed by atoms with Crippen LogP contribution >= 0.6 is 0 Å². The number of rotatable bonds is 4. The van der Waals surface area contributed by atoms with Gasteiger partial charge in [-0.1, -0.05) is 30.1 Å². The Labute approximate surface area is 111 Å². The fraction of sp³-hybridized carbons (Fsp3) is 0.429. The zero-order valence-corrected chi connectivity index (χ0v) is 10.7. The number of benzene rings is 1. The van der Waals surface area contributed by atoms with Crippen LogP contribution in [0.5, 0.6) is 0 Å². The zero-order valence-electron chi connectivity index (χ0n) is 10.7. The molecule has 19 heavy (non-hydrogen) atoms. The lowest BCUT2D eigenvalue weighted by Gasteiger charge is -2.12. The van der Waals surface area contributed by atoms with E-state index in [0.29, 0.717) is 11.1 Å². The highest BCUT2D eigenvalue weighted by Gasteiger charge is 2.18. The smallest absolute Gasteiger partial charge is 0.251 e. The van der Waals surface area contributed by atoms with Crippen LogP contribution in [-0.4, -0.2) is 34.6 Å². The molecule has 0 heterocycles. The number of nitrogens with one attached hydrogen (secondary N) is 1. The van der Waals surface area contributed by atoms with E-state index >= 15 is 0 Å². The Balaban J connectivity index is 2.11. The van der Waals surface area contributed by atoms with Crippen LogP contribution in [0.3, 0.4) is 0 Å². The summed E-state index contributed by atoms with van der Waals surface area (Å²) in [5, 5.41) is 23.8. The maximum absolute atomic E-state index is 12.1. The Morgan fingerprint density at radius 1 is 1.32 bits per heavy atom. The molecule has 0 bridgehead atoms. The second kappa shape index (κ2) is 6.33. The number of hydrogen-bond acceptors (Lipinski definition) is 4. The molecule has 5 nitrogen and oxygen atoms in total. The van der Waals surface area contributed by atoms with Gasteiger partial charge < -0.3 is 15.6 Å². The molecule has 1 aliphatic rings. The third-order valence-corrected chi connectivity index (χ3v) is 3.42. The second-order valence-corrected chi connectivity index (χ2v) is 4.74. The van der Waals surface area contributed by atoms with Gasteiger partial charge in [0.1, 0.15) is 5.71 Å². The van der Waals surface area contributed by atoms with Crippen LogP contribution in [-0.2, 0) is 0 Å². The summed E-state index contributed by atoms with van der Waals surface area (Å²) in [4.78, 5) is 12.1. The van der Waals surface area contributed by atoms with Crippen LogP contribution in [0.15, 0.2) is 29.4 Å². The van der Waals surface area contributed by atoms with E-state index in [1.165, 1.54) is 0 Å². The molecule has 2 rings (SSSR count). The van der Waals surface area contributed by atoms with Crippen molar-refractivity contribution in [3.63, 3.8) is 0 Å². The molecular weight excluding hydrogens is 244 g/mol. The quantitative estimate of drug-likeness (QED) is 0.437. The Bertz CT molecular complexity index is 479. The van der Waals surface area contributed by atoms with Gasteiger partial charge in [0.25, 0.3) is 5.91 Å². The first-order valence-electron chi connectivity index (χ1n) is 6.47. The van der Waals surface area contributed by atoms with Crippen molar-refractivity contribution in [2.45, 2.75) is 31.7 Å². The molecule has 0 atom stereocenters. The molecule has 0 unspecified atom stereocenters. The lowest BCUT2D eigenvalue weighted by molar-refractivity contribution is 0.0938. The third-order valence-electron chi connectivity index (χ3n) is 3.42. The number of amides is 1. The van der Waals surface area contributed by atoms with Crippen LogP contribution in [0.4, 0.5) is 0 Å². The van der Waals surface area contributed by atoms with Gasteiger partial charge in [-0.3, -0.25) is 4.79 Å². The van der Waals surface area contributed by atoms with Gasteiger partial charge in [-0.25, -0.2) is 0 Å². The first-order valence-corrected chi connectivity index (χ1v) is 6.47. The summed E-state index contributed by atoms with van der Waals surface area (Å²) in [7, 11) is 0. The summed E-state index contributed by atoms with van der Waals surface area (Å²) in [5.41, 5.74) is 1.21. The lowest BCUT2D eigenvalue weighted by atomic mass is 10.1. The highest BCUT2D eigenvalue weighted by atomic mass is 16.4. The Morgan fingerprint density at radius 2 is 2.00 bits per heavy atom. The third kappa shape index (κ3) is 3.32. The summed E-state index contributed by atoms with van der Waals surface area (Å²) in [6.07, 6.45) is 4.39. The average molecular weight is 262 g/mol. The first kappa shape index (κ1) is 13.5. The Kier molecular flexibility index (Phi) is 4.52. The van der Waals surface area contributed by atoms with Gasteiger partial charge in [-0.05, 0) is 25.0 Å².